The third kappa shape index (κ3) is 2.16. The molecule has 0 amide bonds. The van der Waals surface area contributed by atoms with Crippen LogP contribution in [0.3, 0.4) is 0 Å². The van der Waals surface area contributed by atoms with Gasteiger partial charge in [-0.1, -0.05) is 20.3 Å². The van der Waals surface area contributed by atoms with Gasteiger partial charge in [0.05, 0.1) is 5.92 Å². The van der Waals surface area contributed by atoms with Gasteiger partial charge in [-0.3, -0.25) is 4.79 Å². The average molecular weight is 304 g/mol. The molecule has 0 N–H and O–H groups in total. The molecule has 4 fully saturated rings. The van der Waals surface area contributed by atoms with Crippen molar-refractivity contribution in [2.75, 3.05) is 0 Å². The Balaban J connectivity index is 1.42. The normalized spacial score (nSPS) is 49.8. The lowest BCUT2D eigenvalue weighted by atomic mass is 9.75. The van der Waals surface area contributed by atoms with Gasteiger partial charge in [0.25, 0.3) is 0 Å². The molecule has 22 heavy (non-hydrogen) atoms. The van der Waals surface area contributed by atoms with Crippen molar-refractivity contribution in [3.05, 3.63) is 0 Å². The van der Waals surface area contributed by atoms with Crippen LogP contribution < -0.4 is 0 Å². The fourth-order valence-electron chi connectivity index (χ4n) is 6.72. The molecule has 4 aliphatic rings. The molecule has 0 radical (unpaired) electrons. The molecule has 8 unspecified atom stereocenters. The van der Waals surface area contributed by atoms with Crippen molar-refractivity contribution in [3.8, 4) is 0 Å². The number of carbonyl (C=O) groups excluding carboxylic acids is 1. The van der Waals surface area contributed by atoms with E-state index in [-0.39, 0.29) is 17.5 Å². The molecule has 0 aromatic heterocycles. The number of ether oxygens (including phenoxy) is 1. The highest BCUT2D eigenvalue weighted by molar-refractivity contribution is 5.74. The second kappa shape index (κ2) is 4.98. The molecule has 4 aliphatic carbocycles. The van der Waals surface area contributed by atoms with Gasteiger partial charge in [-0.05, 0) is 81.5 Å². The van der Waals surface area contributed by atoms with E-state index in [4.69, 9.17) is 4.74 Å². The van der Waals surface area contributed by atoms with E-state index in [0.717, 1.165) is 30.1 Å². The lowest BCUT2D eigenvalue weighted by molar-refractivity contribution is -0.172. The summed E-state index contributed by atoms with van der Waals surface area (Å²) >= 11 is 0. The van der Waals surface area contributed by atoms with Gasteiger partial charge < -0.3 is 4.74 Å². The van der Waals surface area contributed by atoms with E-state index in [1.807, 2.05) is 0 Å². The Morgan fingerprint density at radius 2 is 1.73 bits per heavy atom. The van der Waals surface area contributed by atoms with Crippen molar-refractivity contribution >= 4 is 5.97 Å². The highest BCUT2D eigenvalue weighted by atomic mass is 16.6. The summed E-state index contributed by atoms with van der Waals surface area (Å²) in [6.45, 7) is 9.07. The van der Waals surface area contributed by atoms with E-state index in [9.17, 15) is 4.79 Å². The molecular weight excluding hydrogens is 272 g/mol. The first-order chi connectivity index (χ1) is 10.4. The molecule has 4 bridgehead atoms. The number of hydrogen-bond donors (Lipinski definition) is 0. The van der Waals surface area contributed by atoms with Gasteiger partial charge in [0.1, 0.15) is 5.60 Å². The van der Waals surface area contributed by atoms with Gasteiger partial charge in [0.15, 0.2) is 0 Å². The molecule has 0 aliphatic heterocycles. The van der Waals surface area contributed by atoms with Crippen molar-refractivity contribution in [1.29, 1.82) is 0 Å². The predicted octanol–water partition coefficient (Wildman–Crippen LogP) is 4.67. The third-order valence-corrected chi connectivity index (χ3v) is 8.19. The SMILES string of the molecule is CC1C2CC(C(=O)OC(C)(C)C3CC4CCC3C4)C(C2)C1C. The van der Waals surface area contributed by atoms with Crippen LogP contribution in [0.25, 0.3) is 0 Å². The van der Waals surface area contributed by atoms with Gasteiger partial charge in [0, 0.05) is 5.92 Å². The Hall–Kier alpha value is -0.530. The average Bonchev–Trinajstić information content (AvgIpc) is 3.21. The fourth-order valence-corrected chi connectivity index (χ4v) is 6.72. The van der Waals surface area contributed by atoms with Gasteiger partial charge in [-0.15, -0.1) is 0 Å². The van der Waals surface area contributed by atoms with E-state index < -0.39 is 0 Å². The highest BCUT2D eigenvalue weighted by Gasteiger charge is 2.54. The quantitative estimate of drug-likeness (QED) is 0.708. The Morgan fingerprint density at radius 1 is 0.955 bits per heavy atom. The van der Waals surface area contributed by atoms with Gasteiger partial charge in [-0.2, -0.15) is 0 Å². The maximum absolute atomic E-state index is 12.8. The molecule has 0 spiro atoms. The molecule has 4 saturated carbocycles. The minimum absolute atomic E-state index is 0.124. The number of carbonyl (C=O) groups is 1. The topological polar surface area (TPSA) is 26.3 Å². The van der Waals surface area contributed by atoms with Crippen LogP contribution in [0.1, 0.15) is 66.2 Å². The minimum Gasteiger partial charge on any atom is -0.459 e. The number of rotatable bonds is 3. The summed E-state index contributed by atoms with van der Waals surface area (Å²) in [5, 5.41) is 0. The highest BCUT2D eigenvalue weighted by Crippen LogP contribution is 2.56. The maximum Gasteiger partial charge on any atom is 0.309 e. The Labute approximate surface area is 135 Å². The lowest BCUT2D eigenvalue weighted by Crippen LogP contribution is -2.42. The second-order valence-corrected chi connectivity index (χ2v) is 9.53. The second-order valence-electron chi connectivity index (χ2n) is 9.53. The van der Waals surface area contributed by atoms with Crippen molar-refractivity contribution in [2.24, 2.45) is 47.3 Å². The van der Waals surface area contributed by atoms with Crippen LogP contribution in [-0.2, 0) is 9.53 Å². The maximum atomic E-state index is 12.8. The summed E-state index contributed by atoms with van der Waals surface area (Å²) in [6, 6.07) is 0. The Kier molecular flexibility index (Phi) is 3.40. The van der Waals surface area contributed by atoms with Crippen LogP contribution in [0.5, 0.6) is 0 Å². The Bertz CT molecular complexity index is 466. The molecule has 124 valence electrons. The van der Waals surface area contributed by atoms with Gasteiger partial charge in [0.2, 0.25) is 0 Å². The molecule has 4 rings (SSSR count). The smallest absolute Gasteiger partial charge is 0.309 e. The largest absolute Gasteiger partial charge is 0.459 e. The van der Waals surface area contributed by atoms with Crippen LogP contribution in [0.4, 0.5) is 0 Å². The zero-order chi connectivity index (χ0) is 15.6. The van der Waals surface area contributed by atoms with Crippen molar-refractivity contribution < 1.29 is 9.53 Å². The van der Waals surface area contributed by atoms with Gasteiger partial charge >= 0.3 is 5.97 Å². The third-order valence-electron chi connectivity index (χ3n) is 8.19. The lowest BCUT2D eigenvalue weighted by Gasteiger charge is -2.39. The van der Waals surface area contributed by atoms with E-state index in [1.54, 1.807) is 0 Å². The summed E-state index contributed by atoms with van der Waals surface area (Å²) in [5.74, 6) is 5.49. The molecule has 0 aromatic carbocycles. The molecule has 2 heteroatoms. The zero-order valence-corrected chi connectivity index (χ0v) is 14.7. The van der Waals surface area contributed by atoms with Crippen LogP contribution in [0.15, 0.2) is 0 Å². The Morgan fingerprint density at radius 3 is 2.27 bits per heavy atom. The molecule has 0 saturated heterocycles. The molecule has 0 heterocycles. The van der Waals surface area contributed by atoms with Crippen LogP contribution >= 0.6 is 0 Å². The summed E-state index contributed by atoms with van der Waals surface area (Å²) in [5.41, 5.74) is -0.256. The van der Waals surface area contributed by atoms with Crippen molar-refractivity contribution in [3.63, 3.8) is 0 Å². The monoisotopic (exact) mass is 304 g/mol. The van der Waals surface area contributed by atoms with Crippen LogP contribution in [0, 0.1) is 47.3 Å². The van der Waals surface area contributed by atoms with E-state index in [2.05, 4.69) is 27.7 Å². The van der Waals surface area contributed by atoms with Crippen molar-refractivity contribution in [2.45, 2.75) is 71.8 Å². The molecular formula is C20H32O2. The van der Waals surface area contributed by atoms with E-state index in [1.165, 1.54) is 32.1 Å². The number of esters is 1. The minimum atomic E-state index is -0.256. The fraction of sp³-hybridized carbons (Fsp3) is 0.950. The van der Waals surface area contributed by atoms with E-state index in [0.29, 0.717) is 17.8 Å². The zero-order valence-electron chi connectivity index (χ0n) is 14.7. The molecule has 2 nitrogen and oxygen atoms in total. The number of hydrogen-bond acceptors (Lipinski definition) is 2. The van der Waals surface area contributed by atoms with Crippen LogP contribution in [-0.4, -0.2) is 11.6 Å². The first-order valence-corrected chi connectivity index (χ1v) is 9.59. The summed E-state index contributed by atoms with van der Waals surface area (Å²) in [7, 11) is 0. The first-order valence-electron chi connectivity index (χ1n) is 9.59. The van der Waals surface area contributed by atoms with Gasteiger partial charge in [-0.25, -0.2) is 0 Å². The number of fused-ring (bicyclic) bond motifs is 4. The standard InChI is InChI=1S/C20H32O2/c1-11-12(2)16-9-15(11)10-17(16)19(21)22-20(3,4)18-8-13-5-6-14(18)7-13/h11-18H,5-10H2,1-4H3. The van der Waals surface area contributed by atoms with Crippen LogP contribution in [0.2, 0.25) is 0 Å². The first kappa shape index (κ1) is 15.0. The summed E-state index contributed by atoms with van der Waals surface area (Å²) < 4.78 is 6.16. The molecule has 0 aromatic rings. The van der Waals surface area contributed by atoms with Crippen molar-refractivity contribution in [1.82, 2.24) is 0 Å². The predicted molar refractivity (Wildman–Crippen MR) is 87.1 cm³/mol. The van der Waals surface area contributed by atoms with E-state index >= 15 is 0 Å². The summed E-state index contributed by atoms with van der Waals surface area (Å²) in [6.07, 6.45) is 7.79. The molecule has 8 atom stereocenters. The summed E-state index contributed by atoms with van der Waals surface area (Å²) in [4.78, 5) is 12.8.